The quantitative estimate of drug-likeness (QED) is 0.874. The number of halogens is 1. The van der Waals surface area contributed by atoms with E-state index in [1.54, 1.807) is 0 Å². The highest BCUT2D eigenvalue weighted by molar-refractivity contribution is 6.31. The summed E-state index contributed by atoms with van der Waals surface area (Å²) >= 11 is 6.07. The molecule has 2 heterocycles. The van der Waals surface area contributed by atoms with Gasteiger partial charge in [0.05, 0.1) is 0 Å². The van der Waals surface area contributed by atoms with Crippen LogP contribution in [0, 0.1) is 0 Å². The molecule has 0 aliphatic carbocycles. The van der Waals surface area contributed by atoms with Crippen molar-refractivity contribution in [2.45, 2.75) is 25.9 Å². The lowest BCUT2D eigenvalue weighted by Crippen LogP contribution is -2.34. The standard InChI is InChI=1S/C18H21ClN4O/c19-16-6-2-1-5-15(16)13-22-18(24)21-12-14-7-8-17(20-11-14)23-9-3-4-10-23/h1-2,5-8,11H,3-4,9-10,12-13H2,(H2,21,22,24). The van der Waals surface area contributed by atoms with Crippen molar-refractivity contribution >= 4 is 23.4 Å². The number of rotatable bonds is 5. The van der Waals surface area contributed by atoms with Gasteiger partial charge in [-0.15, -0.1) is 0 Å². The number of urea groups is 1. The number of anilines is 1. The van der Waals surface area contributed by atoms with Gasteiger partial charge in [-0.2, -0.15) is 0 Å². The second-order valence-electron chi connectivity index (χ2n) is 5.85. The van der Waals surface area contributed by atoms with Crippen molar-refractivity contribution in [3.05, 3.63) is 58.7 Å². The number of pyridine rings is 1. The summed E-state index contributed by atoms with van der Waals surface area (Å²) in [4.78, 5) is 18.6. The van der Waals surface area contributed by atoms with Gasteiger partial charge in [-0.1, -0.05) is 35.9 Å². The fourth-order valence-electron chi connectivity index (χ4n) is 2.72. The monoisotopic (exact) mass is 344 g/mol. The van der Waals surface area contributed by atoms with Gasteiger partial charge in [0.25, 0.3) is 0 Å². The van der Waals surface area contributed by atoms with Gasteiger partial charge in [0.15, 0.2) is 0 Å². The molecular weight excluding hydrogens is 324 g/mol. The average Bonchev–Trinajstić information content (AvgIpc) is 3.14. The molecule has 2 amide bonds. The molecule has 2 aromatic rings. The lowest BCUT2D eigenvalue weighted by molar-refractivity contribution is 0.240. The van der Waals surface area contributed by atoms with E-state index in [0.717, 1.165) is 30.0 Å². The lowest BCUT2D eigenvalue weighted by Gasteiger charge is -2.16. The van der Waals surface area contributed by atoms with E-state index in [9.17, 15) is 4.79 Å². The first-order valence-corrected chi connectivity index (χ1v) is 8.55. The molecule has 5 nitrogen and oxygen atoms in total. The minimum atomic E-state index is -0.224. The molecule has 1 aliphatic heterocycles. The maximum atomic E-state index is 11.9. The highest BCUT2D eigenvalue weighted by Gasteiger charge is 2.13. The third kappa shape index (κ3) is 4.38. The molecule has 0 radical (unpaired) electrons. The van der Waals surface area contributed by atoms with E-state index in [1.807, 2.05) is 42.6 Å². The number of benzene rings is 1. The van der Waals surface area contributed by atoms with Crippen LogP contribution in [0.1, 0.15) is 24.0 Å². The zero-order valence-corrected chi connectivity index (χ0v) is 14.2. The lowest BCUT2D eigenvalue weighted by atomic mass is 10.2. The zero-order chi connectivity index (χ0) is 16.8. The number of aromatic nitrogens is 1. The fourth-order valence-corrected chi connectivity index (χ4v) is 2.92. The second-order valence-corrected chi connectivity index (χ2v) is 6.25. The summed E-state index contributed by atoms with van der Waals surface area (Å²) in [6.45, 7) is 3.00. The molecule has 24 heavy (non-hydrogen) atoms. The number of hydrogen-bond acceptors (Lipinski definition) is 3. The number of amides is 2. The molecule has 3 rings (SSSR count). The van der Waals surface area contributed by atoms with Gasteiger partial charge in [-0.05, 0) is 36.1 Å². The van der Waals surface area contributed by atoms with Crippen LogP contribution in [0.15, 0.2) is 42.6 Å². The van der Waals surface area contributed by atoms with E-state index >= 15 is 0 Å². The van der Waals surface area contributed by atoms with E-state index in [-0.39, 0.29) is 6.03 Å². The molecule has 1 saturated heterocycles. The van der Waals surface area contributed by atoms with Crippen molar-refractivity contribution in [2.24, 2.45) is 0 Å². The van der Waals surface area contributed by atoms with Crippen LogP contribution in [0.25, 0.3) is 0 Å². The number of carbonyl (C=O) groups excluding carboxylic acids is 1. The number of hydrogen-bond donors (Lipinski definition) is 2. The van der Waals surface area contributed by atoms with Gasteiger partial charge in [0.2, 0.25) is 0 Å². The Hall–Kier alpha value is -2.27. The first-order valence-electron chi connectivity index (χ1n) is 8.17. The number of nitrogens with zero attached hydrogens (tertiary/aromatic N) is 2. The van der Waals surface area contributed by atoms with Gasteiger partial charge in [-0.3, -0.25) is 0 Å². The molecule has 1 aromatic heterocycles. The van der Waals surface area contributed by atoms with E-state index in [0.29, 0.717) is 18.1 Å². The fraction of sp³-hybridized carbons (Fsp3) is 0.333. The molecule has 0 spiro atoms. The van der Waals surface area contributed by atoms with Crippen LogP contribution in [0.4, 0.5) is 10.6 Å². The van der Waals surface area contributed by atoms with E-state index < -0.39 is 0 Å². The van der Waals surface area contributed by atoms with Crippen LogP contribution >= 0.6 is 11.6 Å². The Morgan fingerprint density at radius 2 is 1.83 bits per heavy atom. The second kappa shape index (κ2) is 8.02. The highest BCUT2D eigenvalue weighted by atomic mass is 35.5. The van der Waals surface area contributed by atoms with Crippen LogP contribution in [0.3, 0.4) is 0 Å². The molecule has 6 heteroatoms. The zero-order valence-electron chi connectivity index (χ0n) is 13.5. The summed E-state index contributed by atoms with van der Waals surface area (Å²) in [6, 6.07) is 11.3. The predicted octanol–water partition coefficient (Wildman–Crippen LogP) is 3.33. The Morgan fingerprint density at radius 1 is 1.08 bits per heavy atom. The number of carbonyl (C=O) groups is 1. The van der Waals surface area contributed by atoms with Crippen molar-refractivity contribution in [1.29, 1.82) is 0 Å². The summed E-state index contributed by atoms with van der Waals surface area (Å²) in [7, 11) is 0. The minimum Gasteiger partial charge on any atom is -0.357 e. The Bertz CT molecular complexity index is 684. The van der Waals surface area contributed by atoms with Gasteiger partial charge in [0.1, 0.15) is 5.82 Å². The molecule has 1 aromatic carbocycles. The molecule has 0 bridgehead atoms. The van der Waals surface area contributed by atoms with Crippen LogP contribution in [-0.4, -0.2) is 24.1 Å². The van der Waals surface area contributed by atoms with Crippen LogP contribution in [0.5, 0.6) is 0 Å². The van der Waals surface area contributed by atoms with Crippen molar-refractivity contribution in [3.63, 3.8) is 0 Å². The maximum absolute atomic E-state index is 11.9. The summed E-state index contributed by atoms with van der Waals surface area (Å²) < 4.78 is 0. The van der Waals surface area contributed by atoms with Crippen LogP contribution in [-0.2, 0) is 13.1 Å². The molecule has 1 aliphatic rings. The molecule has 126 valence electrons. The van der Waals surface area contributed by atoms with Crippen molar-refractivity contribution < 1.29 is 4.79 Å². The molecule has 0 atom stereocenters. The van der Waals surface area contributed by atoms with Gasteiger partial charge in [-0.25, -0.2) is 9.78 Å². The Balaban J connectivity index is 1.45. The first kappa shape index (κ1) is 16.6. The van der Waals surface area contributed by atoms with Gasteiger partial charge < -0.3 is 15.5 Å². The maximum Gasteiger partial charge on any atom is 0.315 e. The van der Waals surface area contributed by atoms with Crippen LogP contribution < -0.4 is 15.5 Å². The molecule has 2 N–H and O–H groups in total. The van der Waals surface area contributed by atoms with E-state index in [1.165, 1.54) is 12.8 Å². The summed E-state index contributed by atoms with van der Waals surface area (Å²) in [5, 5.41) is 6.29. The topological polar surface area (TPSA) is 57.3 Å². The molecular formula is C18H21ClN4O. The van der Waals surface area contributed by atoms with Gasteiger partial charge in [0, 0.05) is 37.4 Å². The summed E-state index contributed by atoms with van der Waals surface area (Å²) in [5.74, 6) is 1.01. The molecule has 1 fully saturated rings. The third-order valence-corrected chi connectivity index (χ3v) is 4.46. The van der Waals surface area contributed by atoms with E-state index in [4.69, 9.17) is 11.6 Å². The summed E-state index contributed by atoms with van der Waals surface area (Å²) in [5.41, 5.74) is 1.87. The third-order valence-electron chi connectivity index (χ3n) is 4.09. The normalized spacial score (nSPS) is 13.8. The van der Waals surface area contributed by atoms with Crippen molar-refractivity contribution in [2.75, 3.05) is 18.0 Å². The molecule has 0 saturated carbocycles. The number of nitrogens with one attached hydrogen (secondary N) is 2. The Labute approximate surface area is 147 Å². The average molecular weight is 345 g/mol. The minimum absolute atomic E-state index is 0.224. The van der Waals surface area contributed by atoms with Crippen molar-refractivity contribution in [3.8, 4) is 0 Å². The first-order chi connectivity index (χ1) is 11.7. The smallest absolute Gasteiger partial charge is 0.315 e. The largest absolute Gasteiger partial charge is 0.357 e. The van der Waals surface area contributed by atoms with Gasteiger partial charge >= 0.3 is 6.03 Å². The van der Waals surface area contributed by atoms with E-state index in [2.05, 4.69) is 20.5 Å². The highest BCUT2D eigenvalue weighted by Crippen LogP contribution is 2.17. The van der Waals surface area contributed by atoms with Crippen molar-refractivity contribution in [1.82, 2.24) is 15.6 Å². The SMILES string of the molecule is O=C(NCc1ccc(N2CCCC2)nc1)NCc1ccccc1Cl. The Morgan fingerprint density at radius 3 is 2.54 bits per heavy atom. The Kier molecular flexibility index (Phi) is 5.54. The van der Waals surface area contributed by atoms with Crippen LogP contribution in [0.2, 0.25) is 5.02 Å². The summed E-state index contributed by atoms with van der Waals surface area (Å²) in [6.07, 6.45) is 4.29. The molecule has 0 unspecified atom stereocenters. The predicted molar refractivity (Wildman–Crippen MR) is 96.2 cm³/mol.